The molecule has 3 heteroatoms. The molecule has 1 aromatic carbocycles. The van der Waals surface area contributed by atoms with Crippen molar-refractivity contribution in [2.75, 3.05) is 0 Å². The fourth-order valence-electron chi connectivity index (χ4n) is 2.43. The molecular formula is C15H15N3. The van der Waals surface area contributed by atoms with Crippen molar-refractivity contribution in [2.45, 2.75) is 12.3 Å². The van der Waals surface area contributed by atoms with Gasteiger partial charge in [-0.2, -0.15) is 0 Å². The van der Waals surface area contributed by atoms with Crippen molar-refractivity contribution in [3.8, 4) is 0 Å². The number of aromatic amines is 2. The first kappa shape index (κ1) is 10.8. The van der Waals surface area contributed by atoms with Crippen LogP contribution in [0, 0.1) is 0 Å². The van der Waals surface area contributed by atoms with Gasteiger partial charge in [-0.25, -0.2) is 4.98 Å². The maximum absolute atomic E-state index is 4.12. The van der Waals surface area contributed by atoms with Crippen LogP contribution in [0.3, 0.4) is 0 Å². The fourth-order valence-corrected chi connectivity index (χ4v) is 2.43. The quantitative estimate of drug-likeness (QED) is 0.669. The topological polar surface area (TPSA) is 44.5 Å². The van der Waals surface area contributed by atoms with E-state index in [1.165, 1.54) is 16.5 Å². The van der Waals surface area contributed by atoms with Crippen LogP contribution in [0.5, 0.6) is 0 Å². The van der Waals surface area contributed by atoms with Crippen LogP contribution in [0.15, 0.2) is 55.6 Å². The first-order valence-corrected chi connectivity index (χ1v) is 6.05. The molecule has 90 valence electrons. The highest BCUT2D eigenvalue weighted by Crippen LogP contribution is 2.32. The van der Waals surface area contributed by atoms with Gasteiger partial charge in [0.25, 0.3) is 0 Å². The summed E-state index contributed by atoms with van der Waals surface area (Å²) in [6.45, 7) is 3.86. The SMILES string of the molecule is C=CCC(c1cnc[nH]1)c1c[nH]c2ccccc12. The van der Waals surface area contributed by atoms with E-state index in [4.69, 9.17) is 0 Å². The number of rotatable bonds is 4. The lowest BCUT2D eigenvalue weighted by atomic mass is 9.92. The number of hydrogen-bond donors (Lipinski definition) is 2. The minimum Gasteiger partial charge on any atom is -0.361 e. The predicted molar refractivity (Wildman–Crippen MR) is 73.5 cm³/mol. The standard InChI is InChI=1S/C15H15N3/c1-2-5-11(15-9-16-10-18-15)13-8-17-14-7-4-3-6-12(13)14/h2-4,6-11,17H,1,5H2,(H,16,18). The molecule has 1 atom stereocenters. The van der Waals surface area contributed by atoms with Gasteiger partial charge in [0.2, 0.25) is 0 Å². The number of nitrogens with zero attached hydrogens (tertiary/aromatic N) is 1. The molecule has 0 amide bonds. The summed E-state index contributed by atoms with van der Waals surface area (Å²) < 4.78 is 0. The van der Waals surface area contributed by atoms with E-state index in [1.807, 2.05) is 18.3 Å². The van der Waals surface area contributed by atoms with Gasteiger partial charge < -0.3 is 9.97 Å². The van der Waals surface area contributed by atoms with Crippen molar-refractivity contribution in [1.29, 1.82) is 0 Å². The van der Waals surface area contributed by atoms with Crippen LogP contribution >= 0.6 is 0 Å². The average molecular weight is 237 g/mol. The maximum Gasteiger partial charge on any atom is 0.0921 e. The zero-order chi connectivity index (χ0) is 12.4. The second kappa shape index (κ2) is 4.53. The first-order chi connectivity index (χ1) is 8.90. The number of allylic oxidation sites excluding steroid dienone is 1. The third-order valence-corrected chi connectivity index (χ3v) is 3.29. The Labute approximate surface area is 106 Å². The molecule has 3 nitrogen and oxygen atoms in total. The molecule has 2 N–H and O–H groups in total. The number of hydrogen-bond acceptors (Lipinski definition) is 1. The predicted octanol–water partition coefficient (Wildman–Crippen LogP) is 3.60. The highest BCUT2D eigenvalue weighted by Gasteiger charge is 2.17. The molecule has 0 fully saturated rings. The van der Waals surface area contributed by atoms with Gasteiger partial charge >= 0.3 is 0 Å². The molecule has 2 aromatic heterocycles. The van der Waals surface area contributed by atoms with Crippen molar-refractivity contribution in [1.82, 2.24) is 15.0 Å². The van der Waals surface area contributed by atoms with Crippen LogP contribution in [0.2, 0.25) is 0 Å². The second-order valence-corrected chi connectivity index (χ2v) is 4.37. The molecule has 0 saturated heterocycles. The van der Waals surface area contributed by atoms with Crippen molar-refractivity contribution in [3.05, 3.63) is 66.9 Å². The third-order valence-electron chi connectivity index (χ3n) is 3.29. The molecule has 0 spiro atoms. The molecule has 0 radical (unpaired) electrons. The summed E-state index contributed by atoms with van der Waals surface area (Å²) in [4.78, 5) is 10.6. The van der Waals surface area contributed by atoms with Crippen molar-refractivity contribution in [2.24, 2.45) is 0 Å². The van der Waals surface area contributed by atoms with E-state index in [0.717, 1.165) is 12.1 Å². The zero-order valence-electron chi connectivity index (χ0n) is 10.1. The van der Waals surface area contributed by atoms with Gasteiger partial charge in [-0.3, -0.25) is 0 Å². The summed E-state index contributed by atoms with van der Waals surface area (Å²) in [7, 11) is 0. The molecular weight excluding hydrogens is 222 g/mol. The van der Waals surface area contributed by atoms with E-state index < -0.39 is 0 Å². The van der Waals surface area contributed by atoms with E-state index in [-0.39, 0.29) is 5.92 Å². The number of imidazole rings is 1. The van der Waals surface area contributed by atoms with Gasteiger partial charge in [-0.05, 0) is 18.1 Å². The van der Waals surface area contributed by atoms with Gasteiger partial charge in [0.15, 0.2) is 0 Å². The minimum absolute atomic E-state index is 0.279. The number of aromatic nitrogens is 3. The molecule has 0 aliphatic rings. The molecule has 3 rings (SSSR count). The Hall–Kier alpha value is -2.29. The molecule has 3 aromatic rings. The molecule has 0 aliphatic heterocycles. The smallest absolute Gasteiger partial charge is 0.0921 e. The summed E-state index contributed by atoms with van der Waals surface area (Å²) in [5.74, 6) is 0.279. The van der Waals surface area contributed by atoms with Crippen LogP contribution in [0.4, 0.5) is 0 Å². The number of fused-ring (bicyclic) bond motifs is 1. The van der Waals surface area contributed by atoms with Crippen molar-refractivity contribution >= 4 is 10.9 Å². The van der Waals surface area contributed by atoms with E-state index in [0.29, 0.717) is 0 Å². The lowest BCUT2D eigenvalue weighted by Gasteiger charge is -2.12. The molecule has 2 heterocycles. The van der Waals surface area contributed by atoms with E-state index in [1.54, 1.807) is 6.33 Å². The Kier molecular flexibility index (Phi) is 2.73. The Morgan fingerprint density at radius 3 is 2.94 bits per heavy atom. The molecule has 0 aliphatic carbocycles. The zero-order valence-corrected chi connectivity index (χ0v) is 10.1. The van der Waals surface area contributed by atoms with Crippen LogP contribution < -0.4 is 0 Å². The van der Waals surface area contributed by atoms with Crippen molar-refractivity contribution < 1.29 is 0 Å². The van der Waals surface area contributed by atoms with Gasteiger partial charge in [0, 0.05) is 34.9 Å². The summed E-state index contributed by atoms with van der Waals surface area (Å²) in [5.41, 5.74) is 3.58. The van der Waals surface area contributed by atoms with E-state index >= 15 is 0 Å². The maximum atomic E-state index is 4.12. The van der Waals surface area contributed by atoms with Crippen LogP contribution in [-0.4, -0.2) is 15.0 Å². The Bertz CT molecular complexity index is 649. The average Bonchev–Trinajstić information content (AvgIpc) is 3.06. The number of para-hydroxylation sites is 1. The number of nitrogens with one attached hydrogen (secondary N) is 2. The second-order valence-electron chi connectivity index (χ2n) is 4.37. The summed E-state index contributed by atoms with van der Waals surface area (Å²) >= 11 is 0. The summed E-state index contributed by atoms with van der Waals surface area (Å²) in [6, 6.07) is 8.35. The first-order valence-electron chi connectivity index (χ1n) is 6.05. The normalized spacial score (nSPS) is 12.7. The number of H-pyrrole nitrogens is 2. The van der Waals surface area contributed by atoms with Crippen LogP contribution in [0.1, 0.15) is 23.6 Å². The van der Waals surface area contributed by atoms with Crippen LogP contribution in [-0.2, 0) is 0 Å². The van der Waals surface area contributed by atoms with Gasteiger partial charge in [0.05, 0.1) is 6.33 Å². The van der Waals surface area contributed by atoms with Crippen LogP contribution in [0.25, 0.3) is 10.9 Å². The molecule has 0 bridgehead atoms. The lowest BCUT2D eigenvalue weighted by Crippen LogP contribution is -1.99. The lowest BCUT2D eigenvalue weighted by molar-refractivity contribution is 0.809. The molecule has 0 saturated carbocycles. The minimum atomic E-state index is 0.279. The van der Waals surface area contributed by atoms with Gasteiger partial charge in [0.1, 0.15) is 0 Å². The van der Waals surface area contributed by atoms with E-state index in [2.05, 4.69) is 45.9 Å². The number of benzene rings is 1. The summed E-state index contributed by atoms with van der Waals surface area (Å²) in [5, 5.41) is 1.26. The third kappa shape index (κ3) is 1.74. The Morgan fingerprint density at radius 2 is 2.17 bits per heavy atom. The molecule has 18 heavy (non-hydrogen) atoms. The highest BCUT2D eigenvalue weighted by atomic mass is 14.9. The van der Waals surface area contributed by atoms with E-state index in [9.17, 15) is 0 Å². The Balaban J connectivity index is 2.12. The molecule has 1 unspecified atom stereocenters. The summed E-state index contributed by atoms with van der Waals surface area (Å²) in [6.07, 6.45) is 8.53. The largest absolute Gasteiger partial charge is 0.361 e. The monoisotopic (exact) mass is 237 g/mol. The van der Waals surface area contributed by atoms with Gasteiger partial charge in [-0.15, -0.1) is 6.58 Å². The Morgan fingerprint density at radius 1 is 1.28 bits per heavy atom. The highest BCUT2D eigenvalue weighted by molar-refractivity contribution is 5.84. The van der Waals surface area contributed by atoms with Gasteiger partial charge in [-0.1, -0.05) is 24.3 Å². The van der Waals surface area contributed by atoms with Crippen molar-refractivity contribution in [3.63, 3.8) is 0 Å². The fraction of sp³-hybridized carbons (Fsp3) is 0.133.